The van der Waals surface area contributed by atoms with Gasteiger partial charge in [0, 0.05) is 32.7 Å². The Morgan fingerprint density at radius 3 is 2.38 bits per heavy atom. The molecule has 0 N–H and O–H groups in total. The van der Waals surface area contributed by atoms with Crippen LogP contribution in [0.2, 0.25) is 0 Å². The molecule has 0 aliphatic heterocycles. The first-order valence-corrected chi connectivity index (χ1v) is 2.30. The topological polar surface area (TPSA) is 4.93 Å². The van der Waals surface area contributed by atoms with E-state index in [2.05, 4.69) is 13.0 Å². The number of hydrogen-bond donors (Lipinski definition) is 0. The van der Waals surface area contributed by atoms with Gasteiger partial charge in [0.2, 0.25) is 0 Å². The van der Waals surface area contributed by atoms with Crippen molar-refractivity contribution in [1.29, 1.82) is 0 Å². The summed E-state index contributed by atoms with van der Waals surface area (Å²) in [6.07, 6.45) is 1.91. The van der Waals surface area contributed by atoms with E-state index in [1.807, 2.05) is 23.9 Å². The number of aromatic nitrogens is 1. The summed E-state index contributed by atoms with van der Waals surface area (Å²) in [7, 11) is 2.01. The molecule has 0 aliphatic rings. The zero-order chi connectivity index (χ0) is 5.28. The average molecular weight is 183 g/mol. The first-order chi connectivity index (χ1) is 3.30. The van der Waals surface area contributed by atoms with Crippen LogP contribution in [0.3, 0.4) is 0 Å². The molecule has 1 aromatic rings. The molecule has 0 bridgehead atoms. The van der Waals surface area contributed by atoms with Crippen molar-refractivity contribution in [3.63, 3.8) is 0 Å². The average Bonchev–Trinajstić information content (AvgIpc) is 1.91. The third-order valence-electron chi connectivity index (χ3n) is 1.12. The van der Waals surface area contributed by atoms with Gasteiger partial charge in [0.1, 0.15) is 0 Å². The molecule has 0 atom stereocenters. The van der Waals surface area contributed by atoms with Gasteiger partial charge in [0.15, 0.2) is 0 Å². The second kappa shape index (κ2) is 3.42. The van der Waals surface area contributed by atoms with E-state index in [0.717, 1.165) is 0 Å². The third-order valence-corrected chi connectivity index (χ3v) is 1.12. The molecule has 0 unspecified atom stereocenters. The summed E-state index contributed by atoms with van der Waals surface area (Å²) in [6, 6.07) is 4.92. The summed E-state index contributed by atoms with van der Waals surface area (Å²) < 4.78 is 2.03. The SMILES string of the molecule is Cc1c[c-]cn1C.[Y]. The van der Waals surface area contributed by atoms with E-state index in [1.165, 1.54) is 5.69 Å². The van der Waals surface area contributed by atoms with Crippen molar-refractivity contribution in [3.8, 4) is 0 Å². The fourth-order valence-corrected chi connectivity index (χ4v) is 0.473. The minimum Gasteiger partial charge on any atom is -0.448 e. The summed E-state index contributed by atoms with van der Waals surface area (Å²) in [5.74, 6) is 0. The Balaban J connectivity index is 0.000000490. The Hall–Kier alpha value is 0.384. The molecule has 0 saturated heterocycles. The van der Waals surface area contributed by atoms with Crippen LogP contribution in [0, 0.1) is 13.0 Å². The Kier molecular flexibility index (Phi) is 3.58. The summed E-state index contributed by atoms with van der Waals surface area (Å²) in [6.45, 7) is 2.05. The van der Waals surface area contributed by atoms with Gasteiger partial charge in [-0.05, 0) is 7.05 Å². The van der Waals surface area contributed by atoms with Crippen molar-refractivity contribution in [1.82, 2.24) is 4.57 Å². The quantitative estimate of drug-likeness (QED) is 0.531. The Labute approximate surface area is 75.0 Å². The molecule has 8 heavy (non-hydrogen) atoms. The van der Waals surface area contributed by atoms with Gasteiger partial charge in [-0.3, -0.25) is 0 Å². The largest absolute Gasteiger partial charge is 0.448 e. The van der Waals surface area contributed by atoms with Crippen LogP contribution < -0.4 is 0 Å². The minimum absolute atomic E-state index is 0. The number of rotatable bonds is 0. The van der Waals surface area contributed by atoms with Gasteiger partial charge in [-0.2, -0.15) is 0 Å². The molecule has 0 fully saturated rings. The van der Waals surface area contributed by atoms with Crippen LogP contribution in [0.15, 0.2) is 12.3 Å². The van der Waals surface area contributed by atoms with Crippen LogP contribution in [-0.4, -0.2) is 4.57 Å². The monoisotopic (exact) mass is 183 g/mol. The standard InChI is InChI=1S/C6H8N.Y/c1-6-4-3-5-7(6)2;/h4-5H,1-2H3;/q-1;. The van der Waals surface area contributed by atoms with Crippen LogP contribution in [-0.2, 0) is 39.8 Å². The van der Waals surface area contributed by atoms with Crippen molar-refractivity contribution in [2.45, 2.75) is 6.92 Å². The molecule has 1 aromatic heterocycles. The third kappa shape index (κ3) is 1.72. The molecule has 0 amide bonds. The first kappa shape index (κ1) is 8.38. The zero-order valence-electron chi connectivity index (χ0n) is 5.18. The molecule has 0 spiro atoms. The maximum atomic E-state index is 2.96. The van der Waals surface area contributed by atoms with E-state index in [-0.39, 0.29) is 32.7 Å². The van der Waals surface area contributed by atoms with E-state index < -0.39 is 0 Å². The first-order valence-electron chi connectivity index (χ1n) is 2.30. The second-order valence-electron chi connectivity index (χ2n) is 1.69. The molecule has 0 saturated carbocycles. The zero-order valence-corrected chi connectivity index (χ0v) is 8.02. The smallest absolute Gasteiger partial charge is 0 e. The van der Waals surface area contributed by atoms with Crippen molar-refractivity contribution in [3.05, 3.63) is 24.0 Å². The summed E-state index contributed by atoms with van der Waals surface area (Å²) in [5, 5.41) is 0. The van der Waals surface area contributed by atoms with Crippen molar-refractivity contribution >= 4 is 0 Å². The van der Waals surface area contributed by atoms with Gasteiger partial charge in [0.25, 0.3) is 0 Å². The Bertz CT molecular complexity index is 141. The van der Waals surface area contributed by atoms with Gasteiger partial charge in [-0.1, -0.05) is 6.92 Å². The molecular weight excluding hydrogens is 175 g/mol. The van der Waals surface area contributed by atoms with Crippen molar-refractivity contribution in [2.75, 3.05) is 0 Å². The Morgan fingerprint density at radius 1 is 1.62 bits per heavy atom. The van der Waals surface area contributed by atoms with Gasteiger partial charge in [0.05, 0.1) is 0 Å². The van der Waals surface area contributed by atoms with Crippen LogP contribution in [0.1, 0.15) is 5.69 Å². The fraction of sp³-hybridized carbons (Fsp3) is 0.333. The van der Waals surface area contributed by atoms with Crippen LogP contribution >= 0.6 is 0 Å². The van der Waals surface area contributed by atoms with E-state index in [9.17, 15) is 0 Å². The Morgan fingerprint density at radius 2 is 2.25 bits per heavy atom. The maximum absolute atomic E-state index is 2.96. The summed E-state index contributed by atoms with van der Waals surface area (Å²) >= 11 is 0. The van der Waals surface area contributed by atoms with Gasteiger partial charge >= 0.3 is 0 Å². The molecule has 41 valence electrons. The van der Waals surface area contributed by atoms with Crippen LogP contribution in [0.25, 0.3) is 0 Å². The number of aryl methyl sites for hydroxylation is 2. The fourth-order valence-electron chi connectivity index (χ4n) is 0.473. The van der Waals surface area contributed by atoms with Gasteiger partial charge in [-0.15, -0.1) is 11.9 Å². The molecule has 0 aliphatic carbocycles. The predicted molar refractivity (Wildman–Crippen MR) is 29.0 cm³/mol. The molecule has 1 rings (SSSR count). The maximum Gasteiger partial charge on any atom is 0 e. The van der Waals surface area contributed by atoms with E-state index >= 15 is 0 Å². The van der Waals surface area contributed by atoms with Crippen molar-refractivity contribution in [2.24, 2.45) is 7.05 Å². The molecule has 2 heteroatoms. The normalized spacial score (nSPS) is 8.25. The minimum atomic E-state index is 0. The van der Waals surface area contributed by atoms with E-state index in [1.54, 1.807) is 0 Å². The molecule has 1 radical (unpaired) electrons. The molecule has 1 nitrogen and oxygen atoms in total. The predicted octanol–water partition coefficient (Wildman–Crippen LogP) is 1.13. The van der Waals surface area contributed by atoms with Crippen molar-refractivity contribution < 1.29 is 32.7 Å². The second-order valence-corrected chi connectivity index (χ2v) is 1.69. The van der Waals surface area contributed by atoms with E-state index in [0.29, 0.717) is 0 Å². The number of nitrogens with zero attached hydrogens (tertiary/aromatic N) is 1. The molecule has 0 aromatic carbocycles. The number of hydrogen-bond acceptors (Lipinski definition) is 0. The van der Waals surface area contributed by atoms with Crippen LogP contribution in [0.4, 0.5) is 0 Å². The summed E-state index contributed by atoms with van der Waals surface area (Å²) in [5.41, 5.74) is 1.25. The van der Waals surface area contributed by atoms with E-state index in [4.69, 9.17) is 0 Å². The van der Waals surface area contributed by atoms with Gasteiger partial charge in [-0.25, -0.2) is 12.1 Å². The van der Waals surface area contributed by atoms with Crippen LogP contribution in [0.5, 0.6) is 0 Å². The summed E-state index contributed by atoms with van der Waals surface area (Å²) in [4.78, 5) is 0. The molecule has 1 heterocycles. The molecular formula is C6H8NY-. The van der Waals surface area contributed by atoms with Gasteiger partial charge < -0.3 is 4.57 Å².